The van der Waals surface area contributed by atoms with Gasteiger partial charge in [-0.05, 0) is 19.2 Å². The Morgan fingerprint density at radius 3 is 1.75 bits per heavy atom. The van der Waals surface area contributed by atoms with Crippen LogP contribution in [0, 0.1) is 0 Å². The molecule has 1 N–H and O–H groups in total. The fraction of sp³-hybridized carbons (Fsp3) is 0.478. The van der Waals surface area contributed by atoms with E-state index in [4.69, 9.17) is 34.8 Å². The van der Waals surface area contributed by atoms with Gasteiger partial charge in [0.05, 0.1) is 43.3 Å². The number of quaternary nitrogens is 2. The molecule has 0 unspecified atom stereocenters. The minimum Gasteiger partial charge on any atom is -1.00 e. The highest BCUT2D eigenvalue weighted by Crippen LogP contribution is 2.43. The van der Waals surface area contributed by atoms with Gasteiger partial charge in [0.25, 0.3) is 0 Å². The highest BCUT2D eigenvalue weighted by molar-refractivity contribution is 6.41. The first-order chi connectivity index (χ1) is 13.9. The summed E-state index contributed by atoms with van der Waals surface area (Å²) in [6.45, 7) is 4.08. The lowest BCUT2D eigenvalue weighted by molar-refractivity contribution is -0.918. The molecule has 0 aromatic heterocycles. The molecule has 0 spiro atoms. The molecule has 2 aromatic rings. The van der Waals surface area contributed by atoms with Crippen LogP contribution in [-0.2, 0) is 39.3 Å². The number of hydrogen-bond acceptors (Lipinski definition) is 2. The van der Waals surface area contributed by atoms with Gasteiger partial charge < -0.3 is 48.0 Å². The van der Waals surface area contributed by atoms with Crippen molar-refractivity contribution in [1.29, 1.82) is 0 Å². The summed E-state index contributed by atoms with van der Waals surface area (Å²) in [5.41, 5.74) is 6.00. The summed E-state index contributed by atoms with van der Waals surface area (Å²) in [6, 6.07) is 4.31. The summed E-state index contributed by atoms with van der Waals surface area (Å²) < 4.78 is 1.34. The lowest BCUT2D eigenvalue weighted by Crippen LogP contribution is -3.00. The predicted octanol–water partition coefficient (Wildman–Crippen LogP) is -0.828. The fourth-order valence-corrected chi connectivity index (χ4v) is 6.03. The zero-order valence-corrected chi connectivity index (χ0v) is 24.5. The average Bonchev–Trinajstić information content (AvgIpc) is 2.61. The van der Waals surface area contributed by atoms with Crippen molar-refractivity contribution in [3.63, 3.8) is 0 Å². The Hall–Kier alpha value is -0.0500. The highest BCUT2D eigenvalue weighted by Gasteiger charge is 2.33. The minimum absolute atomic E-state index is 0. The number of phenolic OH excluding ortho intramolecular Hbond substituents is 1. The van der Waals surface area contributed by atoms with Gasteiger partial charge in [-0.3, -0.25) is 4.90 Å². The maximum absolute atomic E-state index is 11.1. The topological polar surface area (TPSA) is 23.5 Å². The molecular formula is C23H30Br2Cl3N3O. The van der Waals surface area contributed by atoms with Crippen LogP contribution in [0.1, 0.15) is 33.4 Å². The van der Waals surface area contributed by atoms with Crippen LogP contribution in [0.3, 0.4) is 0 Å². The smallest absolute Gasteiger partial charge is 0.128 e. The highest BCUT2D eigenvalue weighted by atomic mass is 79.9. The van der Waals surface area contributed by atoms with Crippen molar-refractivity contribution >= 4 is 34.8 Å². The maximum atomic E-state index is 11.1. The second-order valence-electron chi connectivity index (χ2n) is 10.3. The number of rotatable bonds is 0. The van der Waals surface area contributed by atoms with E-state index in [1.807, 2.05) is 7.05 Å². The molecular weight excluding hydrogens is 600 g/mol. The molecule has 4 nitrogen and oxygen atoms in total. The van der Waals surface area contributed by atoms with Crippen molar-refractivity contribution in [2.75, 3.05) is 35.2 Å². The van der Waals surface area contributed by atoms with Gasteiger partial charge in [0, 0.05) is 46.5 Å². The third kappa shape index (κ3) is 5.44. The molecule has 5 rings (SSSR count). The zero-order valence-electron chi connectivity index (χ0n) is 19.1. The zero-order chi connectivity index (χ0) is 22.0. The standard InChI is InChI=1S/C23H29Cl3N3O.2BrH/c1-27-8-15-6-14-7-16(23(15)30)11-29(4,5)13-19-21(25)17(9-27)20(24)18(22(19)26)12-28(2,3)10-14;;/h6-7H,8-13H2,1-5H3;2*1H/q+1;;/p-1. The second kappa shape index (κ2) is 9.90. The van der Waals surface area contributed by atoms with Gasteiger partial charge in [-0.25, -0.2) is 0 Å². The van der Waals surface area contributed by atoms with Crippen molar-refractivity contribution in [1.82, 2.24) is 4.90 Å². The number of benzene rings is 2. The molecule has 0 amide bonds. The van der Waals surface area contributed by atoms with Gasteiger partial charge in [0.1, 0.15) is 31.9 Å². The molecule has 0 saturated carbocycles. The predicted molar refractivity (Wildman–Crippen MR) is 124 cm³/mol. The van der Waals surface area contributed by atoms with Crippen LogP contribution >= 0.6 is 34.8 Å². The van der Waals surface area contributed by atoms with Crippen molar-refractivity contribution in [2.24, 2.45) is 0 Å². The van der Waals surface area contributed by atoms with Crippen LogP contribution in [0.5, 0.6) is 5.75 Å². The van der Waals surface area contributed by atoms with Gasteiger partial charge in [0.15, 0.2) is 0 Å². The van der Waals surface area contributed by atoms with Crippen LogP contribution in [0.25, 0.3) is 0 Å². The normalized spacial score (nSPS) is 19.1. The monoisotopic (exact) mass is 627 g/mol. The van der Waals surface area contributed by atoms with Crippen LogP contribution in [0.2, 0.25) is 15.1 Å². The number of nitrogens with zero attached hydrogens (tertiary/aromatic N) is 3. The van der Waals surface area contributed by atoms with Gasteiger partial charge in [-0.15, -0.1) is 0 Å². The van der Waals surface area contributed by atoms with E-state index in [1.54, 1.807) is 0 Å². The molecule has 0 fully saturated rings. The van der Waals surface area contributed by atoms with Crippen LogP contribution < -0.4 is 34.0 Å². The van der Waals surface area contributed by atoms with Crippen molar-refractivity contribution in [3.8, 4) is 5.75 Å². The first-order valence-electron chi connectivity index (χ1n) is 10.2. The van der Waals surface area contributed by atoms with E-state index in [9.17, 15) is 5.11 Å². The summed E-state index contributed by atoms with van der Waals surface area (Å²) in [5.74, 6) is 0.396. The second-order valence-corrected chi connectivity index (χ2v) is 11.5. The van der Waals surface area contributed by atoms with E-state index in [0.717, 1.165) is 34.4 Å². The quantitative estimate of drug-likeness (QED) is 0.385. The van der Waals surface area contributed by atoms with E-state index < -0.39 is 0 Å². The summed E-state index contributed by atoms with van der Waals surface area (Å²) in [7, 11) is 10.7. The molecule has 3 aliphatic heterocycles. The molecule has 3 aliphatic rings. The molecule has 9 heteroatoms. The summed E-state index contributed by atoms with van der Waals surface area (Å²) in [4.78, 5) is 2.15. The molecule has 6 bridgehead atoms. The SMILES string of the molecule is CN1Cc2cc3cc(c2O)C[N+](C)(C)Cc2c(Cl)c(c(Cl)c(c2Cl)C[N+](C)(C)C3)C1.[Br-].[Br-]. The number of halogens is 5. The van der Waals surface area contributed by atoms with Crippen LogP contribution in [-0.4, -0.2) is 54.2 Å². The summed E-state index contributed by atoms with van der Waals surface area (Å²) in [6.07, 6.45) is 0. The molecule has 178 valence electrons. The van der Waals surface area contributed by atoms with Gasteiger partial charge in [-0.1, -0.05) is 34.8 Å². The minimum atomic E-state index is 0. The Morgan fingerprint density at radius 1 is 0.719 bits per heavy atom. The van der Waals surface area contributed by atoms with Crippen molar-refractivity contribution in [3.05, 3.63) is 60.6 Å². The Bertz CT molecular complexity index is 1040. The van der Waals surface area contributed by atoms with E-state index in [0.29, 0.717) is 62.5 Å². The summed E-state index contributed by atoms with van der Waals surface area (Å²) in [5, 5.41) is 13.1. The molecule has 0 atom stereocenters. The Balaban J connectivity index is 0.00000181. The summed E-state index contributed by atoms with van der Waals surface area (Å²) >= 11 is 20.9. The number of phenols is 1. The Morgan fingerprint density at radius 2 is 1.19 bits per heavy atom. The van der Waals surface area contributed by atoms with E-state index >= 15 is 0 Å². The molecule has 2 aromatic carbocycles. The fourth-order valence-electron chi connectivity index (χ4n) is 4.96. The van der Waals surface area contributed by atoms with Crippen molar-refractivity contribution in [2.45, 2.75) is 39.3 Å². The van der Waals surface area contributed by atoms with Gasteiger partial charge >= 0.3 is 0 Å². The molecule has 0 aliphatic carbocycles. The largest absolute Gasteiger partial charge is 1.00 e. The lowest BCUT2D eigenvalue weighted by Gasteiger charge is -2.36. The molecule has 32 heavy (non-hydrogen) atoms. The number of hydrogen-bond donors (Lipinski definition) is 1. The van der Waals surface area contributed by atoms with Crippen LogP contribution in [0.4, 0.5) is 0 Å². The van der Waals surface area contributed by atoms with Gasteiger partial charge in [0.2, 0.25) is 0 Å². The molecule has 3 heterocycles. The van der Waals surface area contributed by atoms with Crippen LogP contribution in [0.15, 0.2) is 12.1 Å². The molecule has 0 radical (unpaired) electrons. The number of aromatic hydroxyl groups is 1. The first kappa shape index (κ1) is 28.2. The van der Waals surface area contributed by atoms with Gasteiger partial charge in [-0.2, -0.15) is 0 Å². The maximum Gasteiger partial charge on any atom is 0.128 e. The average molecular weight is 631 g/mol. The Labute approximate surface area is 227 Å². The molecule has 0 saturated heterocycles. The van der Waals surface area contributed by atoms with E-state index in [-0.39, 0.29) is 34.0 Å². The van der Waals surface area contributed by atoms with E-state index in [1.165, 1.54) is 5.56 Å². The Kier molecular flexibility index (Phi) is 8.72. The van der Waals surface area contributed by atoms with E-state index in [2.05, 4.69) is 45.2 Å². The van der Waals surface area contributed by atoms with Crippen molar-refractivity contribution < 1.29 is 48.0 Å². The number of fused-ring (bicyclic) bond motifs is 6. The first-order valence-corrected chi connectivity index (χ1v) is 11.3. The third-order valence-electron chi connectivity index (χ3n) is 6.17. The lowest BCUT2D eigenvalue weighted by atomic mass is 9.97. The third-order valence-corrected chi connectivity index (χ3v) is 7.54.